The van der Waals surface area contributed by atoms with E-state index in [1.54, 1.807) is 47.6 Å². The summed E-state index contributed by atoms with van der Waals surface area (Å²) in [5.41, 5.74) is 0. The standard InChI is InChI=1S/C11H10ClN3O2/c12-9-1-3-10(4-2-9)17-11(16)14-8-15-6-5-13-7-15/h1-7H,8H2,(H,14,16). The number of hydrogen-bond acceptors (Lipinski definition) is 3. The normalized spacial score (nSPS) is 9.94. The van der Waals surface area contributed by atoms with Crippen LogP contribution in [0.3, 0.4) is 0 Å². The molecular weight excluding hydrogens is 242 g/mol. The minimum atomic E-state index is -0.527. The number of carbonyl (C=O) groups is 1. The molecule has 88 valence electrons. The number of rotatable bonds is 3. The molecule has 1 aromatic carbocycles. The van der Waals surface area contributed by atoms with E-state index in [-0.39, 0.29) is 0 Å². The monoisotopic (exact) mass is 251 g/mol. The molecule has 0 aliphatic rings. The van der Waals surface area contributed by atoms with E-state index >= 15 is 0 Å². The van der Waals surface area contributed by atoms with Crippen LogP contribution in [0.2, 0.25) is 5.02 Å². The van der Waals surface area contributed by atoms with Crippen molar-refractivity contribution in [1.82, 2.24) is 14.9 Å². The minimum absolute atomic E-state index is 0.312. The average molecular weight is 252 g/mol. The number of imidazole rings is 1. The van der Waals surface area contributed by atoms with Gasteiger partial charge in [-0.2, -0.15) is 0 Å². The van der Waals surface area contributed by atoms with Gasteiger partial charge < -0.3 is 14.6 Å². The fourth-order valence-corrected chi connectivity index (χ4v) is 1.31. The second-order valence-electron chi connectivity index (χ2n) is 3.26. The van der Waals surface area contributed by atoms with E-state index in [9.17, 15) is 4.79 Å². The van der Waals surface area contributed by atoms with Gasteiger partial charge in [0.25, 0.3) is 0 Å². The number of amides is 1. The van der Waals surface area contributed by atoms with Crippen LogP contribution in [0.15, 0.2) is 43.0 Å². The molecule has 2 rings (SSSR count). The third kappa shape index (κ3) is 3.49. The highest BCUT2D eigenvalue weighted by atomic mass is 35.5. The van der Waals surface area contributed by atoms with Crippen LogP contribution in [0, 0.1) is 0 Å². The van der Waals surface area contributed by atoms with Gasteiger partial charge in [0.1, 0.15) is 5.75 Å². The molecule has 0 fully saturated rings. The molecule has 1 amide bonds. The van der Waals surface area contributed by atoms with Crippen molar-refractivity contribution in [3.8, 4) is 5.75 Å². The summed E-state index contributed by atoms with van der Waals surface area (Å²) in [4.78, 5) is 15.2. The third-order valence-electron chi connectivity index (χ3n) is 1.99. The Labute approximate surface area is 103 Å². The van der Waals surface area contributed by atoms with Crippen LogP contribution >= 0.6 is 11.6 Å². The highest BCUT2D eigenvalue weighted by Gasteiger charge is 2.03. The van der Waals surface area contributed by atoms with Crippen molar-refractivity contribution in [2.24, 2.45) is 0 Å². The lowest BCUT2D eigenvalue weighted by atomic mass is 10.3. The molecule has 0 unspecified atom stereocenters. The molecule has 0 saturated carbocycles. The lowest BCUT2D eigenvalue weighted by Crippen LogP contribution is -2.28. The van der Waals surface area contributed by atoms with E-state index < -0.39 is 6.09 Å². The largest absolute Gasteiger partial charge is 0.414 e. The molecule has 0 aliphatic heterocycles. The fraction of sp³-hybridized carbons (Fsp3) is 0.0909. The van der Waals surface area contributed by atoms with Gasteiger partial charge in [0.15, 0.2) is 0 Å². The summed E-state index contributed by atoms with van der Waals surface area (Å²) in [6, 6.07) is 6.55. The van der Waals surface area contributed by atoms with E-state index in [1.807, 2.05) is 0 Å². The van der Waals surface area contributed by atoms with Crippen molar-refractivity contribution in [2.75, 3.05) is 0 Å². The van der Waals surface area contributed by atoms with Crippen molar-refractivity contribution in [1.29, 1.82) is 0 Å². The van der Waals surface area contributed by atoms with Crippen molar-refractivity contribution in [2.45, 2.75) is 6.67 Å². The number of nitrogens with zero attached hydrogens (tertiary/aromatic N) is 2. The second-order valence-corrected chi connectivity index (χ2v) is 3.69. The van der Waals surface area contributed by atoms with Crippen LogP contribution in [0.25, 0.3) is 0 Å². The number of hydrogen-bond donors (Lipinski definition) is 1. The first-order chi connectivity index (χ1) is 8.24. The Balaban J connectivity index is 1.83. The SMILES string of the molecule is O=C(NCn1ccnc1)Oc1ccc(Cl)cc1. The lowest BCUT2D eigenvalue weighted by Gasteiger charge is -2.06. The Kier molecular flexibility index (Phi) is 3.62. The summed E-state index contributed by atoms with van der Waals surface area (Å²) in [6.45, 7) is 0.312. The number of carbonyl (C=O) groups excluding carboxylic acids is 1. The van der Waals surface area contributed by atoms with Gasteiger partial charge in [-0.3, -0.25) is 0 Å². The quantitative estimate of drug-likeness (QED) is 0.911. The van der Waals surface area contributed by atoms with Crippen LogP contribution in [-0.4, -0.2) is 15.6 Å². The van der Waals surface area contributed by atoms with Gasteiger partial charge in [0, 0.05) is 17.4 Å². The van der Waals surface area contributed by atoms with Gasteiger partial charge in [-0.25, -0.2) is 9.78 Å². The Hall–Kier alpha value is -2.01. The number of nitrogens with one attached hydrogen (secondary N) is 1. The zero-order valence-electron chi connectivity index (χ0n) is 8.84. The molecule has 0 spiro atoms. The maximum absolute atomic E-state index is 11.4. The summed E-state index contributed by atoms with van der Waals surface area (Å²) >= 11 is 5.71. The highest BCUT2D eigenvalue weighted by Crippen LogP contribution is 2.15. The van der Waals surface area contributed by atoms with Gasteiger partial charge in [0.05, 0.1) is 13.0 Å². The smallest absolute Gasteiger partial charge is 0.410 e. The van der Waals surface area contributed by atoms with E-state index in [2.05, 4.69) is 10.3 Å². The predicted molar refractivity (Wildman–Crippen MR) is 62.8 cm³/mol. The van der Waals surface area contributed by atoms with Crippen LogP contribution in [0.1, 0.15) is 0 Å². The minimum Gasteiger partial charge on any atom is -0.410 e. The summed E-state index contributed by atoms with van der Waals surface area (Å²) < 4.78 is 6.74. The molecule has 2 aromatic rings. The van der Waals surface area contributed by atoms with Gasteiger partial charge in [0.2, 0.25) is 0 Å². The average Bonchev–Trinajstić information content (AvgIpc) is 2.83. The van der Waals surface area contributed by atoms with Gasteiger partial charge in [-0.1, -0.05) is 11.6 Å². The van der Waals surface area contributed by atoms with Crippen molar-refractivity contribution < 1.29 is 9.53 Å². The molecular formula is C11H10ClN3O2. The lowest BCUT2D eigenvalue weighted by molar-refractivity contribution is 0.197. The Bertz CT molecular complexity index is 482. The van der Waals surface area contributed by atoms with Crippen molar-refractivity contribution in [3.05, 3.63) is 48.0 Å². The van der Waals surface area contributed by atoms with Crippen LogP contribution in [0.4, 0.5) is 4.79 Å². The summed E-state index contributed by atoms with van der Waals surface area (Å²) in [7, 11) is 0. The van der Waals surface area contributed by atoms with Crippen LogP contribution in [-0.2, 0) is 6.67 Å². The molecule has 1 heterocycles. The first-order valence-corrected chi connectivity index (χ1v) is 5.29. The number of benzene rings is 1. The molecule has 0 atom stereocenters. The maximum atomic E-state index is 11.4. The molecule has 1 aromatic heterocycles. The van der Waals surface area contributed by atoms with Gasteiger partial charge in [-0.15, -0.1) is 0 Å². The van der Waals surface area contributed by atoms with E-state index in [1.165, 1.54) is 0 Å². The number of ether oxygens (including phenoxy) is 1. The maximum Gasteiger partial charge on any atom is 0.414 e. The Morgan fingerprint density at radius 1 is 1.41 bits per heavy atom. The van der Waals surface area contributed by atoms with E-state index in [0.29, 0.717) is 17.4 Å². The third-order valence-corrected chi connectivity index (χ3v) is 2.24. The molecule has 5 nitrogen and oxygen atoms in total. The Morgan fingerprint density at radius 2 is 2.18 bits per heavy atom. The van der Waals surface area contributed by atoms with E-state index in [0.717, 1.165) is 0 Å². The first-order valence-electron chi connectivity index (χ1n) is 4.91. The molecule has 17 heavy (non-hydrogen) atoms. The van der Waals surface area contributed by atoms with Gasteiger partial charge in [-0.05, 0) is 24.3 Å². The van der Waals surface area contributed by atoms with Gasteiger partial charge >= 0.3 is 6.09 Å². The van der Waals surface area contributed by atoms with Crippen LogP contribution in [0.5, 0.6) is 5.75 Å². The first kappa shape index (κ1) is 11.5. The molecule has 1 N–H and O–H groups in total. The van der Waals surface area contributed by atoms with Crippen molar-refractivity contribution in [3.63, 3.8) is 0 Å². The van der Waals surface area contributed by atoms with Crippen molar-refractivity contribution >= 4 is 17.7 Å². The zero-order chi connectivity index (χ0) is 12.1. The molecule has 0 radical (unpaired) electrons. The molecule has 0 aliphatic carbocycles. The summed E-state index contributed by atoms with van der Waals surface area (Å²) in [5.74, 6) is 0.442. The highest BCUT2D eigenvalue weighted by molar-refractivity contribution is 6.30. The second kappa shape index (κ2) is 5.36. The van der Waals surface area contributed by atoms with Crippen LogP contribution < -0.4 is 10.1 Å². The Morgan fingerprint density at radius 3 is 2.82 bits per heavy atom. The topological polar surface area (TPSA) is 56.2 Å². The van der Waals surface area contributed by atoms with E-state index in [4.69, 9.17) is 16.3 Å². The molecule has 0 saturated heterocycles. The molecule has 0 bridgehead atoms. The zero-order valence-corrected chi connectivity index (χ0v) is 9.59. The predicted octanol–water partition coefficient (Wildman–Crippen LogP) is 2.28. The number of aromatic nitrogens is 2. The number of halogens is 1. The summed E-state index contributed by atoms with van der Waals surface area (Å²) in [6.07, 6.45) is 4.44. The fourth-order valence-electron chi connectivity index (χ4n) is 1.18. The summed E-state index contributed by atoms with van der Waals surface area (Å²) in [5, 5.41) is 3.17. The molecule has 6 heteroatoms.